The maximum Gasteiger partial charge on any atom is 0.330 e. The van der Waals surface area contributed by atoms with Crippen molar-refractivity contribution in [1.29, 1.82) is 0 Å². The van der Waals surface area contributed by atoms with Crippen LogP contribution in [0, 0.1) is 11.8 Å². The Bertz CT molecular complexity index is 189. The third-order valence-electron chi connectivity index (χ3n) is 2.54. The summed E-state index contributed by atoms with van der Waals surface area (Å²) in [7, 11) is 0. The van der Waals surface area contributed by atoms with Crippen LogP contribution in [0.25, 0.3) is 0 Å². The highest BCUT2D eigenvalue weighted by Crippen LogP contribution is 2.30. The van der Waals surface area contributed by atoms with Gasteiger partial charge in [0.15, 0.2) is 0 Å². The Kier molecular flexibility index (Phi) is 3.96. The molecule has 2 unspecified atom stereocenters. The van der Waals surface area contributed by atoms with Crippen LogP contribution in [0.3, 0.4) is 0 Å². The van der Waals surface area contributed by atoms with Crippen molar-refractivity contribution < 1.29 is 14.6 Å². The molecule has 0 bridgehead atoms. The normalized spacial score (nSPS) is 27.2. The molecular formula is C10H16O3. The first-order chi connectivity index (χ1) is 6.26. The van der Waals surface area contributed by atoms with Crippen LogP contribution in [0.2, 0.25) is 0 Å². The second-order valence-corrected chi connectivity index (χ2v) is 3.56. The summed E-state index contributed by atoms with van der Waals surface area (Å²) in [5.41, 5.74) is 0. The summed E-state index contributed by atoms with van der Waals surface area (Å²) >= 11 is 0. The van der Waals surface area contributed by atoms with E-state index in [-0.39, 0.29) is 12.6 Å². The van der Waals surface area contributed by atoms with Crippen molar-refractivity contribution in [3.05, 3.63) is 12.7 Å². The van der Waals surface area contributed by atoms with Gasteiger partial charge in [0.1, 0.15) is 0 Å². The van der Waals surface area contributed by atoms with Gasteiger partial charge in [-0.2, -0.15) is 0 Å². The predicted molar refractivity (Wildman–Crippen MR) is 49.1 cm³/mol. The van der Waals surface area contributed by atoms with E-state index in [1.54, 1.807) is 0 Å². The molecule has 0 aromatic carbocycles. The van der Waals surface area contributed by atoms with E-state index in [2.05, 4.69) is 6.58 Å². The molecule has 1 saturated carbocycles. The molecule has 0 heterocycles. The van der Waals surface area contributed by atoms with E-state index in [0.717, 1.165) is 19.3 Å². The summed E-state index contributed by atoms with van der Waals surface area (Å²) in [6.07, 6.45) is 4.25. The highest BCUT2D eigenvalue weighted by molar-refractivity contribution is 5.81. The van der Waals surface area contributed by atoms with Crippen molar-refractivity contribution in [2.24, 2.45) is 11.8 Å². The highest BCUT2D eigenvalue weighted by atomic mass is 16.5. The first kappa shape index (κ1) is 10.3. The molecule has 1 aliphatic carbocycles. The van der Waals surface area contributed by atoms with Gasteiger partial charge in [-0.3, -0.25) is 0 Å². The summed E-state index contributed by atoms with van der Waals surface area (Å²) in [5, 5.41) is 8.88. The van der Waals surface area contributed by atoms with Crippen molar-refractivity contribution in [1.82, 2.24) is 0 Å². The first-order valence-corrected chi connectivity index (χ1v) is 4.66. The molecule has 0 aromatic heterocycles. The van der Waals surface area contributed by atoms with Crippen LogP contribution in [-0.4, -0.2) is 24.3 Å². The maximum atomic E-state index is 10.7. The summed E-state index contributed by atoms with van der Waals surface area (Å²) < 4.78 is 4.93. The average molecular weight is 184 g/mol. The minimum absolute atomic E-state index is 0.256. The van der Waals surface area contributed by atoms with E-state index >= 15 is 0 Å². The lowest BCUT2D eigenvalue weighted by molar-refractivity contribution is -0.139. The third kappa shape index (κ3) is 3.19. The van der Waals surface area contributed by atoms with Crippen molar-refractivity contribution >= 4 is 5.97 Å². The van der Waals surface area contributed by atoms with Gasteiger partial charge in [0.05, 0.1) is 6.61 Å². The zero-order chi connectivity index (χ0) is 9.68. The van der Waals surface area contributed by atoms with E-state index in [4.69, 9.17) is 9.84 Å². The molecule has 0 spiro atoms. The van der Waals surface area contributed by atoms with Crippen molar-refractivity contribution in [3.63, 3.8) is 0 Å². The van der Waals surface area contributed by atoms with Gasteiger partial charge in [-0.25, -0.2) is 4.79 Å². The Morgan fingerprint density at radius 2 is 2.23 bits per heavy atom. The monoisotopic (exact) mass is 184 g/mol. The van der Waals surface area contributed by atoms with Gasteiger partial charge in [0, 0.05) is 12.7 Å². The van der Waals surface area contributed by atoms with Crippen LogP contribution in [0.15, 0.2) is 12.7 Å². The maximum absolute atomic E-state index is 10.7. The lowest BCUT2D eigenvalue weighted by Crippen LogP contribution is -2.10. The van der Waals surface area contributed by atoms with Crippen LogP contribution in [0.4, 0.5) is 0 Å². The number of carbonyl (C=O) groups excluding carboxylic acids is 1. The minimum atomic E-state index is -0.354. The van der Waals surface area contributed by atoms with Crippen LogP contribution in [0.5, 0.6) is 0 Å². The van der Waals surface area contributed by atoms with Crippen LogP contribution >= 0.6 is 0 Å². The number of aliphatic hydroxyl groups excluding tert-OH is 1. The van der Waals surface area contributed by atoms with Crippen LogP contribution in [0.1, 0.15) is 19.3 Å². The quantitative estimate of drug-likeness (QED) is 0.526. The van der Waals surface area contributed by atoms with Crippen molar-refractivity contribution in [3.8, 4) is 0 Å². The molecule has 1 N–H and O–H groups in total. The molecule has 0 saturated heterocycles. The Hall–Kier alpha value is -0.830. The molecule has 0 amide bonds. The van der Waals surface area contributed by atoms with Gasteiger partial charge < -0.3 is 9.84 Å². The zero-order valence-corrected chi connectivity index (χ0v) is 7.74. The Morgan fingerprint density at radius 1 is 1.54 bits per heavy atom. The van der Waals surface area contributed by atoms with Gasteiger partial charge in [-0.1, -0.05) is 6.58 Å². The Morgan fingerprint density at radius 3 is 2.77 bits per heavy atom. The van der Waals surface area contributed by atoms with E-state index in [0.29, 0.717) is 18.4 Å². The molecule has 1 aliphatic rings. The number of aliphatic hydroxyl groups is 1. The van der Waals surface area contributed by atoms with Gasteiger partial charge in [-0.15, -0.1) is 0 Å². The smallest absolute Gasteiger partial charge is 0.330 e. The summed E-state index contributed by atoms with van der Waals surface area (Å²) in [5.74, 6) is 0.487. The van der Waals surface area contributed by atoms with Crippen molar-refractivity contribution in [2.45, 2.75) is 19.3 Å². The zero-order valence-electron chi connectivity index (χ0n) is 7.74. The number of hydrogen-bond acceptors (Lipinski definition) is 3. The average Bonchev–Trinajstić information content (AvgIpc) is 2.61. The summed E-state index contributed by atoms with van der Waals surface area (Å²) in [6, 6.07) is 0. The minimum Gasteiger partial charge on any atom is -0.462 e. The van der Waals surface area contributed by atoms with Gasteiger partial charge in [-0.05, 0) is 31.1 Å². The second-order valence-electron chi connectivity index (χ2n) is 3.56. The molecular weight excluding hydrogens is 168 g/mol. The molecule has 74 valence electrons. The largest absolute Gasteiger partial charge is 0.462 e. The second kappa shape index (κ2) is 5.02. The summed E-state index contributed by atoms with van der Waals surface area (Å²) in [4.78, 5) is 10.7. The molecule has 3 nitrogen and oxygen atoms in total. The number of esters is 1. The molecule has 0 aromatic rings. The lowest BCUT2D eigenvalue weighted by atomic mass is 10.1. The summed E-state index contributed by atoms with van der Waals surface area (Å²) in [6.45, 7) is 4.05. The fourth-order valence-electron chi connectivity index (χ4n) is 1.75. The van der Waals surface area contributed by atoms with Gasteiger partial charge in [0.2, 0.25) is 0 Å². The van der Waals surface area contributed by atoms with E-state index < -0.39 is 0 Å². The highest BCUT2D eigenvalue weighted by Gasteiger charge is 2.24. The fourth-order valence-corrected chi connectivity index (χ4v) is 1.75. The van der Waals surface area contributed by atoms with Gasteiger partial charge >= 0.3 is 5.97 Å². The van der Waals surface area contributed by atoms with Gasteiger partial charge in [0.25, 0.3) is 0 Å². The number of ether oxygens (including phenoxy) is 1. The molecule has 3 heteroatoms. The molecule has 2 atom stereocenters. The Balaban J connectivity index is 2.17. The number of rotatable bonds is 4. The number of hydrogen-bond donors (Lipinski definition) is 1. The molecule has 0 aliphatic heterocycles. The van der Waals surface area contributed by atoms with Crippen LogP contribution < -0.4 is 0 Å². The van der Waals surface area contributed by atoms with E-state index in [1.165, 1.54) is 6.08 Å². The lowest BCUT2D eigenvalue weighted by Gasteiger charge is -2.09. The topological polar surface area (TPSA) is 46.5 Å². The SMILES string of the molecule is C=CC(=O)OCC1CCC(CO)C1. The Labute approximate surface area is 78.4 Å². The van der Waals surface area contributed by atoms with Crippen molar-refractivity contribution in [2.75, 3.05) is 13.2 Å². The predicted octanol–water partition coefficient (Wildman–Crippen LogP) is 1.12. The molecule has 13 heavy (non-hydrogen) atoms. The standard InChI is InChI=1S/C10H16O3/c1-2-10(12)13-7-9-4-3-8(5-9)6-11/h2,8-9,11H,1,3-7H2. The number of carbonyl (C=O) groups is 1. The molecule has 1 fully saturated rings. The fraction of sp³-hybridized carbons (Fsp3) is 0.700. The molecule has 0 radical (unpaired) electrons. The molecule has 1 rings (SSSR count). The third-order valence-corrected chi connectivity index (χ3v) is 2.54. The van der Waals surface area contributed by atoms with E-state index in [9.17, 15) is 4.79 Å². The van der Waals surface area contributed by atoms with Crippen LogP contribution in [-0.2, 0) is 9.53 Å². The first-order valence-electron chi connectivity index (χ1n) is 4.66. The van der Waals surface area contributed by atoms with E-state index in [1.807, 2.05) is 0 Å².